The zero-order valence-electron chi connectivity index (χ0n) is 9.61. The summed E-state index contributed by atoms with van der Waals surface area (Å²) < 4.78 is 0. The van der Waals surface area contributed by atoms with Crippen LogP contribution in [0.3, 0.4) is 0 Å². The Morgan fingerprint density at radius 1 is 1.39 bits per heavy atom. The van der Waals surface area contributed by atoms with Crippen molar-refractivity contribution in [1.82, 2.24) is 15.5 Å². The summed E-state index contributed by atoms with van der Waals surface area (Å²) in [5, 5.41) is 9.82. The van der Waals surface area contributed by atoms with Gasteiger partial charge in [0.2, 0.25) is 5.91 Å². The molecule has 0 saturated carbocycles. The Balaban J connectivity index is 1.86. The fourth-order valence-corrected chi connectivity index (χ4v) is 1.63. The fourth-order valence-electron chi connectivity index (χ4n) is 1.51. The normalized spacial score (nSPS) is 10.3. The first-order valence-electron chi connectivity index (χ1n) is 5.44. The molecule has 0 spiro atoms. The number of nitrogens with zero attached hydrogens (tertiary/aromatic N) is 1. The van der Waals surface area contributed by atoms with Crippen molar-refractivity contribution in [3.63, 3.8) is 0 Å². The second-order valence-electron chi connectivity index (χ2n) is 3.89. The number of nitrogens with two attached hydrogens (primary N) is 1. The van der Waals surface area contributed by atoms with Crippen molar-refractivity contribution in [2.75, 3.05) is 5.73 Å². The van der Waals surface area contributed by atoms with Crippen LogP contribution >= 0.6 is 11.6 Å². The second kappa shape index (κ2) is 5.55. The predicted octanol–water partition coefficient (Wildman–Crippen LogP) is 1.50. The van der Waals surface area contributed by atoms with E-state index in [1.54, 1.807) is 18.3 Å². The molecule has 1 aromatic heterocycles. The van der Waals surface area contributed by atoms with E-state index in [9.17, 15) is 4.79 Å². The first-order chi connectivity index (χ1) is 8.65. The van der Waals surface area contributed by atoms with Gasteiger partial charge in [0.1, 0.15) is 5.82 Å². The average Bonchev–Trinajstić information content (AvgIpc) is 2.75. The van der Waals surface area contributed by atoms with Crippen LogP contribution in [0.2, 0.25) is 5.02 Å². The molecule has 94 valence electrons. The highest BCUT2D eigenvalue weighted by Crippen LogP contribution is 2.10. The molecule has 1 amide bonds. The molecule has 0 fully saturated rings. The highest BCUT2D eigenvalue weighted by Gasteiger charge is 2.05. The molecule has 4 N–H and O–H groups in total. The lowest BCUT2D eigenvalue weighted by Crippen LogP contribution is -2.24. The summed E-state index contributed by atoms with van der Waals surface area (Å²) in [7, 11) is 0. The Labute approximate surface area is 109 Å². The number of H-pyrrole nitrogens is 1. The number of rotatable bonds is 4. The van der Waals surface area contributed by atoms with Gasteiger partial charge >= 0.3 is 0 Å². The minimum atomic E-state index is -0.0714. The van der Waals surface area contributed by atoms with Crippen LogP contribution in [0.1, 0.15) is 11.1 Å². The van der Waals surface area contributed by atoms with E-state index in [4.69, 9.17) is 17.3 Å². The summed E-state index contributed by atoms with van der Waals surface area (Å²) >= 11 is 5.77. The predicted molar refractivity (Wildman–Crippen MR) is 70.0 cm³/mol. The first kappa shape index (κ1) is 12.4. The number of aromatic amines is 1. The number of nitrogens with one attached hydrogen (secondary N) is 2. The Morgan fingerprint density at radius 2 is 2.11 bits per heavy atom. The van der Waals surface area contributed by atoms with E-state index in [-0.39, 0.29) is 5.91 Å². The molecule has 0 radical (unpaired) electrons. The van der Waals surface area contributed by atoms with Crippen LogP contribution in [0.4, 0.5) is 5.82 Å². The van der Waals surface area contributed by atoms with Gasteiger partial charge in [-0.2, -0.15) is 5.10 Å². The average molecular weight is 265 g/mol. The summed E-state index contributed by atoms with van der Waals surface area (Å²) in [6.07, 6.45) is 1.91. The third kappa shape index (κ3) is 3.24. The SMILES string of the molecule is Nc1[nH]ncc1CNC(=O)Cc1ccc(Cl)cc1. The summed E-state index contributed by atoms with van der Waals surface area (Å²) in [6.45, 7) is 0.370. The third-order valence-electron chi connectivity index (χ3n) is 2.51. The van der Waals surface area contributed by atoms with Gasteiger partial charge in [-0.15, -0.1) is 0 Å². The summed E-state index contributed by atoms with van der Waals surface area (Å²) in [5.74, 6) is 0.403. The Bertz CT molecular complexity index is 535. The molecule has 1 heterocycles. The number of benzene rings is 1. The van der Waals surface area contributed by atoms with Gasteiger partial charge in [0.25, 0.3) is 0 Å². The van der Waals surface area contributed by atoms with Crippen LogP contribution in [-0.4, -0.2) is 16.1 Å². The fraction of sp³-hybridized carbons (Fsp3) is 0.167. The van der Waals surface area contributed by atoms with Crippen molar-refractivity contribution in [1.29, 1.82) is 0 Å². The van der Waals surface area contributed by atoms with Gasteiger partial charge in [-0.25, -0.2) is 0 Å². The molecule has 1 aromatic carbocycles. The Hall–Kier alpha value is -2.01. The van der Waals surface area contributed by atoms with Crippen molar-refractivity contribution < 1.29 is 4.79 Å². The third-order valence-corrected chi connectivity index (χ3v) is 2.76. The van der Waals surface area contributed by atoms with Crippen molar-refractivity contribution in [3.8, 4) is 0 Å². The number of nitrogen functional groups attached to an aromatic ring is 1. The lowest BCUT2D eigenvalue weighted by Gasteiger charge is -2.04. The topological polar surface area (TPSA) is 83.8 Å². The number of hydrogen-bond donors (Lipinski definition) is 3. The summed E-state index contributed by atoms with van der Waals surface area (Å²) in [5.41, 5.74) is 7.30. The number of carbonyl (C=O) groups excluding carboxylic acids is 1. The van der Waals surface area contributed by atoms with Crippen molar-refractivity contribution in [2.24, 2.45) is 0 Å². The van der Waals surface area contributed by atoms with Crippen LogP contribution < -0.4 is 11.1 Å². The molecule has 2 rings (SSSR count). The van der Waals surface area contributed by atoms with Gasteiger partial charge in [0.15, 0.2) is 0 Å². The van der Waals surface area contributed by atoms with E-state index in [2.05, 4.69) is 15.5 Å². The zero-order valence-corrected chi connectivity index (χ0v) is 10.4. The van der Waals surface area contributed by atoms with Gasteiger partial charge in [-0.1, -0.05) is 23.7 Å². The van der Waals surface area contributed by atoms with Crippen LogP contribution in [0.5, 0.6) is 0 Å². The summed E-state index contributed by atoms with van der Waals surface area (Å²) in [4.78, 5) is 11.7. The molecular formula is C12H13ClN4O. The molecule has 5 nitrogen and oxygen atoms in total. The van der Waals surface area contributed by atoms with Crippen LogP contribution in [0, 0.1) is 0 Å². The Morgan fingerprint density at radius 3 is 2.72 bits per heavy atom. The summed E-state index contributed by atoms with van der Waals surface area (Å²) in [6, 6.07) is 7.18. The number of amides is 1. The molecule has 0 saturated heterocycles. The molecule has 2 aromatic rings. The van der Waals surface area contributed by atoms with E-state index >= 15 is 0 Å². The van der Waals surface area contributed by atoms with Gasteiger partial charge in [0, 0.05) is 17.1 Å². The van der Waals surface area contributed by atoms with Gasteiger partial charge < -0.3 is 11.1 Å². The van der Waals surface area contributed by atoms with E-state index in [1.165, 1.54) is 0 Å². The lowest BCUT2D eigenvalue weighted by molar-refractivity contribution is -0.120. The molecule has 0 aliphatic carbocycles. The maximum absolute atomic E-state index is 11.7. The molecule has 0 atom stereocenters. The standard InChI is InChI=1S/C12H13ClN4O/c13-10-3-1-8(2-4-10)5-11(18)15-6-9-7-16-17-12(9)14/h1-4,7H,5-6H2,(H,15,18)(H3,14,16,17). The number of hydrogen-bond acceptors (Lipinski definition) is 3. The number of halogens is 1. The Kier molecular flexibility index (Phi) is 3.84. The minimum Gasteiger partial charge on any atom is -0.384 e. The van der Waals surface area contributed by atoms with Crippen LogP contribution in [0.25, 0.3) is 0 Å². The molecule has 0 aliphatic rings. The van der Waals surface area contributed by atoms with Gasteiger partial charge in [0.05, 0.1) is 12.6 Å². The molecule has 6 heteroatoms. The maximum atomic E-state index is 11.7. The highest BCUT2D eigenvalue weighted by atomic mass is 35.5. The smallest absolute Gasteiger partial charge is 0.224 e. The van der Waals surface area contributed by atoms with Crippen molar-refractivity contribution in [3.05, 3.63) is 46.6 Å². The van der Waals surface area contributed by atoms with Crippen LogP contribution in [-0.2, 0) is 17.8 Å². The lowest BCUT2D eigenvalue weighted by atomic mass is 10.1. The van der Waals surface area contributed by atoms with Crippen molar-refractivity contribution >= 4 is 23.3 Å². The van der Waals surface area contributed by atoms with E-state index in [0.29, 0.717) is 23.8 Å². The minimum absolute atomic E-state index is 0.0714. The largest absolute Gasteiger partial charge is 0.384 e. The van der Waals surface area contributed by atoms with Crippen molar-refractivity contribution in [2.45, 2.75) is 13.0 Å². The molecular weight excluding hydrogens is 252 g/mol. The zero-order chi connectivity index (χ0) is 13.0. The number of anilines is 1. The van der Waals surface area contributed by atoms with E-state index in [0.717, 1.165) is 11.1 Å². The molecule has 0 aliphatic heterocycles. The maximum Gasteiger partial charge on any atom is 0.224 e. The monoisotopic (exact) mass is 264 g/mol. The highest BCUT2D eigenvalue weighted by molar-refractivity contribution is 6.30. The van der Waals surface area contributed by atoms with E-state index in [1.807, 2.05) is 12.1 Å². The van der Waals surface area contributed by atoms with Crippen LogP contribution in [0.15, 0.2) is 30.5 Å². The molecule has 0 bridgehead atoms. The molecule has 18 heavy (non-hydrogen) atoms. The van der Waals surface area contributed by atoms with Gasteiger partial charge in [-0.05, 0) is 17.7 Å². The second-order valence-corrected chi connectivity index (χ2v) is 4.33. The first-order valence-corrected chi connectivity index (χ1v) is 5.82. The number of carbonyl (C=O) groups is 1. The van der Waals surface area contributed by atoms with E-state index < -0.39 is 0 Å². The van der Waals surface area contributed by atoms with Gasteiger partial charge in [-0.3, -0.25) is 9.89 Å². The quantitative estimate of drug-likeness (QED) is 0.783. The molecule has 0 unspecified atom stereocenters. The number of aromatic nitrogens is 2.